The molecule has 4 heteroatoms. The summed E-state index contributed by atoms with van der Waals surface area (Å²) in [4.78, 5) is 0. The maximum Gasteiger partial charge on any atom is 0.0680 e. The Morgan fingerprint density at radius 2 is 2.10 bits per heavy atom. The fraction of sp³-hybridized carbons (Fsp3) is 0.882. The first kappa shape index (κ1) is 16.4. The van der Waals surface area contributed by atoms with E-state index in [4.69, 9.17) is 5.73 Å². The van der Waals surface area contributed by atoms with Gasteiger partial charge in [-0.25, -0.2) is 0 Å². The molecule has 3 aliphatic rings. The highest BCUT2D eigenvalue weighted by Gasteiger charge is 2.51. The number of allylic oxidation sites excluding steroid dienone is 2. The van der Waals surface area contributed by atoms with Crippen molar-refractivity contribution in [2.75, 3.05) is 6.26 Å². The molecule has 4 unspecified atom stereocenters. The Hall–Kier alpha value is 0.580. The highest BCUT2D eigenvalue weighted by atomic mass is 127. The van der Waals surface area contributed by atoms with Gasteiger partial charge in [0.15, 0.2) is 0 Å². The van der Waals surface area contributed by atoms with Gasteiger partial charge in [-0.15, -0.1) is 0 Å². The van der Waals surface area contributed by atoms with Crippen LogP contribution >= 0.6 is 22.6 Å². The Morgan fingerprint density at radius 1 is 1.43 bits per heavy atom. The zero-order valence-electron chi connectivity index (χ0n) is 13.4. The summed E-state index contributed by atoms with van der Waals surface area (Å²) in [6.45, 7) is 2.33. The molecule has 2 nitrogen and oxygen atoms in total. The molecule has 0 bridgehead atoms. The van der Waals surface area contributed by atoms with Crippen LogP contribution in [0.3, 0.4) is 0 Å². The third-order valence-corrected chi connectivity index (χ3v) is 13.3. The number of hydrogen-bond donors (Lipinski definition) is 2. The maximum atomic E-state index is 13.5. The minimum absolute atomic E-state index is 0.273. The molecule has 3 aliphatic carbocycles. The first-order valence-corrected chi connectivity index (χ1v) is 12.1. The highest BCUT2D eigenvalue weighted by molar-refractivity contribution is 14.1. The van der Waals surface area contributed by atoms with Gasteiger partial charge in [0, 0.05) is 11.3 Å². The summed E-state index contributed by atoms with van der Waals surface area (Å²) in [5.41, 5.74) is 8.45. The van der Waals surface area contributed by atoms with Gasteiger partial charge in [0.25, 0.3) is 0 Å². The van der Waals surface area contributed by atoms with E-state index < -0.39 is 9.93 Å². The lowest BCUT2D eigenvalue weighted by molar-refractivity contribution is 0.207. The quantitative estimate of drug-likeness (QED) is 0.295. The van der Waals surface area contributed by atoms with Crippen molar-refractivity contribution in [1.82, 2.24) is 0 Å². The van der Waals surface area contributed by atoms with Crippen molar-refractivity contribution in [2.24, 2.45) is 17.1 Å². The van der Waals surface area contributed by atoms with Crippen molar-refractivity contribution in [3.63, 3.8) is 0 Å². The fourth-order valence-corrected chi connectivity index (χ4v) is 8.67. The monoisotopic (exact) mass is 423 g/mol. The molecular formula is C17H30INOS. The van der Waals surface area contributed by atoms with E-state index >= 15 is 0 Å². The van der Waals surface area contributed by atoms with Crippen LogP contribution in [0.5, 0.6) is 0 Å². The third kappa shape index (κ3) is 3.42. The Balaban J connectivity index is 1.70. The molecule has 0 amide bonds. The molecule has 0 saturated heterocycles. The molecule has 2 N–H and O–H groups in total. The Kier molecular flexibility index (Phi) is 4.62. The second-order valence-electron chi connectivity index (χ2n) is 7.80. The van der Waals surface area contributed by atoms with Crippen LogP contribution in [-0.4, -0.2) is 25.0 Å². The lowest BCUT2D eigenvalue weighted by atomic mass is 9.74. The first-order valence-electron chi connectivity index (χ1n) is 8.52. The molecule has 0 spiro atoms. The van der Waals surface area contributed by atoms with Gasteiger partial charge in [-0.1, -0.05) is 57.5 Å². The number of rotatable bonds is 6. The number of alkyl halides is 1. The van der Waals surface area contributed by atoms with Crippen molar-refractivity contribution in [1.29, 1.82) is 0 Å². The molecule has 0 radical (unpaired) electrons. The van der Waals surface area contributed by atoms with E-state index in [1.54, 1.807) is 0 Å². The Morgan fingerprint density at radius 3 is 2.62 bits per heavy atom. The predicted octanol–water partition coefficient (Wildman–Crippen LogP) is 3.80. The summed E-state index contributed by atoms with van der Waals surface area (Å²) in [5.74, 6) is 0.730. The van der Waals surface area contributed by atoms with Crippen molar-refractivity contribution in [3.8, 4) is 0 Å². The number of nitrogens with two attached hydrogens (primary N) is 1. The summed E-state index contributed by atoms with van der Waals surface area (Å²) in [7, 11) is -2.13. The van der Waals surface area contributed by atoms with Gasteiger partial charge in [-0.3, -0.25) is 4.21 Å². The van der Waals surface area contributed by atoms with Crippen LogP contribution in [-0.2, 0) is 9.93 Å². The molecule has 2 fully saturated rings. The summed E-state index contributed by atoms with van der Waals surface area (Å²) >= 11 is 2.46. The third-order valence-electron chi connectivity index (χ3n) is 6.39. The Bertz CT molecular complexity index is 485. The second kappa shape index (κ2) is 5.90. The number of hydrogen-bond acceptors (Lipinski definition) is 2. The van der Waals surface area contributed by atoms with Crippen LogP contribution in [0.25, 0.3) is 0 Å². The highest BCUT2D eigenvalue weighted by Crippen LogP contribution is 2.59. The molecule has 0 aromatic carbocycles. The normalized spacial score (nSPS) is 36.8. The molecule has 4 atom stereocenters. The lowest BCUT2D eigenvalue weighted by Crippen LogP contribution is -2.46. The topological polar surface area (TPSA) is 43.1 Å². The fourth-order valence-electron chi connectivity index (χ4n) is 4.33. The molecule has 3 rings (SSSR count). The lowest BCUT2D eigenvalue weighted by Gasteiger charge is -2.43. The van der Waals surface area contributed by atoms with Crippen LogP contribution in [0.1, 0.15) is 58.3 Å². The summed E-state index contributed by atoms with van der Waals surface area (Å²) in [5, 5.41) is 0.372. The summed E-state index contributed by atoms with van der Waals surface area (Å²) < 4.78 is 13.8. The molecule has 122 valence electrons. The second-order valence-corrected chi connectivity index (χ2v) is 13.8. The van der Waals surface area contributed by atoms with Crippen molar-refractivity contribution < 1.29 is 4.21 Å². The Labute approximate surface area is 144 Å². The average Bonchev–Trinajstić information content (AvgIpc) is 3.33. The smallest absolute Gasteiger partial charge is 0.0680 e. The van der Waals surface area contributed by atoms with E-state index in [2.05, 4.69) is 41.8 Å². The van der Waals surface area contributed by atoms with E-state index in [0.717, 1.165) is 25.2 Å². The van der Waals surface area contributed by atoms with Crippen molar-refractivity contribution in [3.05, 3.63) is 11.6 Å². The number of halogens is 1. The van der Waals surface area contributed by atoms with E-state index in [0.29, 0.717) is 13.9 Å². The van der Waals surface area contributed by atoms with Crippen LogP contribution in [0.15, 0.2) is 11.6 Å². The predicted molar refractivity (Wildman–Crippen MR) is 102 cm³/mol. The first-order chi connectivity index (χ1) is 9.87. The van der Waals surface area contributed by atoms with Gasteiger partial charge >= 0.3 is 0 Å². The van der Waals surface area contributed by atoms with Crippen LogP contribution < -0.4 is 5.73 Å². The minimum atomic E-state index is -2.13. The molecular weight excluding hydrogens is 393 g/mol. The van der Waals surface area contributed by atoms with Gasteiger partial charge in [-0.05, 0) is 62.5 Å². The van der Waals surface area contributed by atoms with Gasteiger partial charge < -0.3 is 5.73 Å². The largest absolute Gasteiger partial charge is 0.328 e. The number of thiol groups is 1. The zero-order chi connectivity index (χ0) is 15.3. The molecule has 2 saturated carbocycles. The zero-order valence-corrected chi connectivity index (χ0v) is 16.4. The van der Waals surface area contributed by atoms with Crippen LogP contribution in [0.4, 0.5) is 0 Å². The SMILES string of the molecule is CCC1(C2CC(N)CC([SH](C)(=O)C(I)CC3=CC3)C2)CC1. The van der Waals surface area contributed by atoms with Crippen molar-refractivity contribution in [2.45, 2.75) is 72.8 Å². The van der Waals surface area contributed by atoms with Gasteiger partial charge in [0.1, 0.15) is 0 Å². The summed E-state index contributed by atoms with van der Waals surface area (Å²) in [6, 6.07) is 0.273. The van der Waals surface area contributed by atoms with Gasteiger partial charge in [0.05, 0.1) is 3.26 Å². The molecule has 21 heavy (non-hydrogen) atoms. The van der Waals surface area contributed by atoms with E-state index in [1.165, 1.54) is 37.7 Å². The molecule has 0 heterocycles. The molecule has 0 aromatic heterocycles. The maximum absolute atomic E-state index is 13.5. The van der Waals surface area contributed by atoms with E-state index in [1.807, 2.05) is 0 Å². The summed E-state index contributed by atoms with van der Waals surface area (Å²) in [6.07, 6.45) is 13.9. The van der Waals surface area contributed by atoms with Crippen LogP contribution in [0, 0.1) is 11.3 Å². The average molecular weight is 423 g/mol. The van der Waals surface area contributed by atoms with E-state index in [-0.39, 0.29) is 6.04 Å². The van der Waals surface area contributed by atoms with Gasteiger partial charge in [0.2, 0.25) is 0 Å². The molecule has 0 aliphatic heterocycles. The minimum Gasteiger partial charge on any atom is -0.328 e. The standard InChI is InChI=1S/C17H30INOS/c1-3-17(6-7-17)13-9-14(19)11-15(10-13)21(2,20)16(18)8-12-4-5-12/h4,13-16,21H,3,5-11,19H2,1-2H3. The molecule has 0 aromatic rings. The van der Waals surface area contributed by atoms with E-state index in [9.17, 15) is 4.21 Å². The van der Waals surface area contributed by atoms with Gasteiger partial charge in [-0.2, -0.15) is 0 Å². The van der Waals surface area contributed by atoms with Crippen LogP contribution in [0.2, 0.25) is 0 Å². The van der Waals surface area contributed by atoms with Crippen molar-refractivity contribution >= 4 is 32.5 Å².